The van der Waals surface area contributed by atoms with Crippen molar-refractivity contribution in [3.63, 3.8) is 0 Å². The number of nitrogens with two attached hydrogens (primary N) is 1. The minimum atomic E-state index is -0.377. The molecule has 4 aromatic heterocycles. The van der Waals surface area contributed by atoms with Crippen molar-refractivity contribution in [2.75, 3.05) is 5.75 Å². The van der Waals surface area contributed by atoms with Crippen LogP contribution in [0, 0.1) is 0 Å². The maximum Gasteiger partial charge on any atom is 0.227 e. The number of thiophene rings is 1. The summed E-state index contributed by atoms with van der Waals surface area (Å²) in [5.74, 6) is 0.514. The fourth-order valence-electron chi connectivity index (χ4n) is 3.64. The number of carbonyl (C=O) groups is 1. The molecule has 0 saturated carbocycles. The van der Waals surface area contributed by atoms with E-state index >= 15 is 0 Å². The molecule has 1 aliphatic rings. The highest BCUT2D eigenvalue weighted by atomic mass is 32.2. The third-order valence-electron chi connectivity index (χ3n) is 4.90. The Labute approximate surface area is 174 Å². The monoisotopic (exact) mass is 426 g/mol. The van der Waals surface area contributed by atoms with E-state index in [1.165, 1.54) is 35.0 Å². The zero-order chi connectivity index (χ0) is 20.2. The molecule has 148 valence electrons. The quantitative estimate of drug-likeness (QED) is 0.389. The molecular formula is C20H18N4O3S2. The first-order valence-electron chi connectivity index (χ1n) is 9.11. The molecular weight excluding hydrogens is 408 g/mol. The van der Waals surface area contributed by atoms with E-state index in [2.05, 4.69) is 23.8 Å². The molecule has 0 atom stereocenters. The summed E-state index contributed by atoms with van der Waals surface area (Å²) in [6, 6.07) is 3.77. The topological polar surface area (TPSA) is 104 Å². The molecule has 0 spiro atoms. The average Bonchev–Trinajstić information content (AvgIpc) is 3.32. The lowest BCUT2D eigenvalue weighted by molar-refractivity contribution is -0.115. The fourth-order valence-corrected chi connectivity index (χ4v) is 5.62. The zero-order valence-electron chi connectivity index (χ0n) is 15.9. The first-order chi connectivity index (χ1) is 13.9. The lowest BCUT2D eigenvalue weighted by atomic mass is 9.89. The molecule has 5 rings (SSSR count). The number of aromatic nitrogens is 3. The highest BCUT2D eigenvalue weighted by Gasteiger charge is 2.32. The number of amides is 1. The molecule has 29 heavy (non-hydrogen) atoms. The molecule has 1 aliphatic heterocycles. The maximum atomic E-state index is 11.2. The molecule has 0 unspecified atom stereocenters. The first-order valence-corrected chi connectivity index (χ1v) is 10.9. The minimum absolute atomic E-state index is 0.171. The van der Waals surface area contributed by atoms with Gasteiger partial charge in [0.05, 0.1) is 34.4 Å². The molecule has 1 amide bonds. The number of hydrogen-bond acceptors (Lipinski definition) is 8. The van der Waals surface area contributed by atoms with Crippen molar-refractivity contribution in [1.29, 1.82) is 0 Å². The number of carbonyl (C=O) groups excluding carboxylic acids is 1. The van der Waals surface area contributed by atoms with Crippen LogP contribution in [-0.2, 0) is 22.6 Å². The second-order valence-corrected chi connectivity index (χ2v) is 9.48. The molecule has 7 nitrogen and oxygen atoms in total. The van der Waals surface area contributed by atoms with Crippen LogP contribution in [0.3, 0.4) is 0 Å². The number of pyridine rings is 1. The molecule has 0 saturated heterocycles. The summed E-state index contributed by atoms with van der Waals surface area (Å²) < 4.78 is 12.7. The number of ether oxygens (including phenoxy) is 1. The largest absolute Gasteiger partial charge is 0.463 e. The smallest absolute Gasteiger partial charge is 0.227 e. The molecule has 0 aliphatic carbocycles. The van der Waals surface area contributed by atoms with Gasteiger partial charge in [0.2, 0.25) is 5.91 Å². The summed E-state index contributed by atoms with van der Waals surface area (Å²) in [7, 11) is 0. The van der Waals surface area contributed by atoms with E-state index in [0.29, 0.717) is 6.61 Å². The van der Waals surface area contributed by atoms with Gasteiger partial charge in [-0.05, 0) is 31.5 Å². The van der Waals surface area contributed by atoms with Crippen molar-refractivity contribution in [2.45, 2.75) is 37.5 Å². The number of primary amides is 1. The minimum Gasteiger partial charge on any atom is -0.463 e. The standard InChI is InChI=1S/C20H18N4O3S2/c1-20(2)6-10-11(7-27-20)15(12-4-3-5-26-12)24-18-14(10)16-17(29-18)19(23-9-22-16)28-8-13(21)25/h3-5,9H,6-8H2,1-2H3,(H2,21,25). The number of fused-ring (bicyclic) bond motifs is 5. The van der Waals surface area contributed by atoms with E-state index in [9.17, 15) is 4.79 Å². The average molecular weight is 427 g/mol. The number of hydrogen-bond donors (Lipinski definition) is 1. The Morgan fingerprint density at radius 2 is 2.21 bits per heavy atom. The molecule has 2 N–H and O–H groups in total. The number of furan rings is 1. The van der Waals surface area contributed by atoms with Gasteiger partial charge in [0.25, 0.3) is 0 Å². The molecule has 0 radical (unpaired) electrons. The Kier molecular flexibility index (Phi) is 4.34. The van der Waals surface area contributed by atoms with Gasteiger partial charge in [-0.25, -0.2) is 15.0 Å². The predicted octanol–water partition coefficient (Wildman–Crippen LogP) is 3.93. The van der Waals surface area contributed by atoms with Crippen LogP contribution >= 0.6 is 23.1 Å². The van der Waals surface area contributed by atoms with Gasteiger partial charge < -0.3 is 14.9 Å². The molecule has 0 bridgehead atoms. The van der Waals surface area contributed by atoms with Gasteiger partial charge in [0.15, 0.2) is 5.76 Å². The van der Waals surface area contributed by atoms with Crippen LogP contribution in [-0.4, -0.2) is 32.2 Å². The van der Waals surface area contributed by atoms with Crippen molar-refractivity contribution in [3.05, 3.63) is 35.9 Å². The predicted molar refractivity (Wildman–Crippen MR) is 113 cm³/mol. The number of thioether (sulfide) groups is 1. The third-order valence-corrected chi connectivity index (χ3v) is 7.12. The van der Waals surface area contributed by atoms with Crippen molar-refractivity contribution in [2.24, 2.45) is 5.73 Å². The molecule has 4 aromatic rings. The lowest BCUT2D eigenvalue weighted by Crippen LogP contribution is -2.32. The van der Waals surface area contributed by atoms with Crippen LogP contribution in [0.25, 0.3) is 31.9 Å². The highest BCUT2D eigenvalue weighted by molar-refractivity contribution is 8.00. The summed E-state index contributed by atoms with van der Waals surface area (Å²) in [5.41, 5.74) is 8.92. The van der Waals surface area contributed by atoms with Gasteiger partial charge in [-0.3, -0.25) is 4.79 Å². The van der Waals surface area contributed by atoms with Gasteiger partial charge in [-0.1, -0.05) is 11.8 Å². The SMILES string of the molecule is CC1(C)Cc2c(c(-c3ccco3)nc3sc4c(SCC(N)=O)ncnc4c23)CO1. The Morgan fingerprint density at radius 3 is 2.97 bits per heavy atom. The Hall–Kier alpha value is -2.49. The zero-order valence-corrected chi connectivity index (χ0v) is 17.5. The van der Waals surface area contributed by atoms with Crippen LogP contribution in [0.15, 0.2) is 34.2 Å². The van der Waals surface area contributed by atoms with Gasteiger partial charge in [-0.2, -0.15) is 0 Å². The van der Waals surface area contributed by atoms with E-state index in [1.54, 1.807) is 6.26 Å². The maximum absolute atomic E-state index is 11.2. The van der Waals surface area contributed by atoms with Crippen molar-refractivity contribution >= 4 is 49.4 Å². The summed E-state index contributed by atoms with van der Waals surface area (Å²) in [6.07, 6.45) is 3.93. The summed E-state index contributed by atoms with van der Waals surface area (Å²) in [5, 5.41) is 1.78. The fraction of sp³-hybridized carbons (Fsp3) is 0.300. The van der Waals surface area contributed by atoms with E-state index < -0.39 is 0 Å². The molecule has 0 aromatic carbocycles. The highest BCUT2D eigenvalue weighted by Crippen LogP contribution is 2.44. The van der Waals surface area contributed by atoms with E-state index in [1.807, 2.05) is 12.1 Å². The second kappa shape index (κ2) is 6.79. The summed E-state index contributed by atoms with van der Waals surface area (Å²) in [6.45, 7) is 4.64. The van der Waals surface area contributed by atoms with Crippen LogP contribution < -0.4 is 5.73 Å². The van der Waals surface area contributed by atoms with Crippen molar-refractivity contribution in [3.8, 4) is 11.5 Å². The van der Waals surface area contributed by atoms with E-state index in [0.717, 1.165) is 48.9 Å². The van der Waals surface area contributed by atoms with Crippen molar-refractivity contribution in [1.82, 2.24) is 15.0 Å². The van der Waals surface area contributed by atoms with Crippen LogP contribution in [0.4, 0.5) is 0 Å². The number of nitrogens with zero attached hydrogens (tertiary/aromatic N) is 3. The molecule has 5 heterocycles. The van der Waals surface area contributed by atoms with E-state index in [4.69, 9.17) is 19.9 Å². The normalized spacial score (nSPS) is 15.7. The summed E-state index contributed by atoms with van der Waals surface area (Å²) >= 11 is 2.86. The molecule has 0 fully saturated rings. The molecule has 9 heteroatoms. The second-order valence-electron chi connectivity index (χ2n) is 7.51. The third kappa shape index (κ3) is 3.19. The lowest BCUT2D eigenvalue weighted by Gasteiger charge is -2.32. The van der Waals surface area contributed by atoms with Crippen LogP contribution in [0.1, 0.15) is 25.0 Å². The van der Waals surface area contributed by atoms with Crippen molar-refractivity contribution < 1.29 is 13.9 Å². The Balaban J connectivity index is 1.80. The van der Waals surface area contributed by atoms with Gasteiger partial charge in [0.1, 0.15) is 21.9 Å². The Bertz CT molecular complexity index is 1250. The van der Waals surface area contributed by atoms with Gasteiger partial charge >= 0.3 is 0 Å². The number of rotatable bonds is 4. The van der Waals surface area contributed by atoms with Gasteiger partial charge in [-0.15, -0.1) is 11.3 Å². The van der Waals surface area contributed by atoms with E-state index in [-0.39, 0.29) is 17.3 Å². The Morgan fingerprint density at radius 1 is 1.34 bits per heavy atom. The summed E-state index contributed by atoms with van der Waals surface area (Å²) in [4.78, 5) is 26.0. The van der Waals surface area contributed by atoms with Crippen LogP contribution in [0.5, 0.6) is 0 Å². The van der Waals surface area contributed by atoms with Crippen LogP contribution in [0.2, 0.25) is 0 Å². The van der Waals surface area contributed by atoms with Gasteiger partial charge in [0, 0.05) is 17.4 Å². The first kappa shape index (κ1) is 18.5.